The van der Waals surface area contributed by atoms with Gasteiger partial charge in [0.25, 0.3) is 0 Å². The molecule has 0 aromatic rings. The summed E-state index contributed by atoms with van der Waals surface area (Å²) < 4.78 is 0. The van der Waals surface area contributed by atoms with E-state index in [-0.39, 0.29) is 9.52 Å². The number of rotatable bonds is 12. The second kappa shape index (κ2) is 14.0. The predicted octanol–water partition coefficient (Wildman–Crippen LogP) is 5.42. The molecule has 0 spiro atoms. The summed E-state index contributed by atoms with van der Waals surface area (Å²) in [5.74, 6) is 0. The van der Waals surface area contributed by atoms with Crippen molar-refractivity contribution in [3.8, 4) is 0 Å². The van der Waals surface area contributed by atoms with Crippen LogP contribution in [0.25, 0.3) is 0 Å². The summed E-state index contributed by atoms with van der Waals surface area (Å²) in [5.41, 5.74) is 0. The Hall–Kier alpha value is -0.0431. The predicted molar refractivity (Wildman–Crippen MR) is 84.6 cm³/mol. The van der Waals surface area contributed by atoms with Gasteiger partial charge in [0.2, 0.25) is 0 Å². The Morgan fingerprint density at radius 3 is 1.76 bits per heavy atom. The van der Waals surface area contributed by atoms with E-state index < -0.39 is 0 Å². The van der Waals surface area contributed by atoms with Crippen LogP contribution in [0.5, 0.6) is 0 Å². The van der Waals surface area contributed by atoms with Crippen molar-refractivity contribution in [3.05, 3.63) is 11.3 Å². The minimum Gasteiger partial charge on any atom is -0.0951 e. The number of hydrogen-bond acceptors (Lipinski definition) is 0. The molecule has 0 rings (SSSR count). The zero-order chi connectivity index (χ0) is 12.8. The molecule has 0 saturated heterocycles. The molecule has 17 heavy (non-hydrogen) atoms. The Balaban J connectivity index is 2.99. The first-order valence-electron chi connectivity index (χ1n) is 7.93. The molecule has 0 unspecified atom stereocenters. The van der Waals surface area contributed by atoms with Gasteiger partial charge in [0.05, 0.1) is 0 Å². The molecular weight excluding hydrogens is 220 g/mol. The largest absolute Gasteiger partial charge is 0.0951 e. The second-order valence-corrected chi connectivity index (χ2v) is 7.74. The molecule has 0 saturated carbocycles. The fourth-order valence-electron chi connectivity index (χ4n) is 2.21. The summed E-state index contributed by atoms with van der Waals surface area (Å²) >= 11 is 0. The Morgan fingerprint density at radius 1 is 0.824 bits per heavy atom. The van der Waals surface area contributed by atoms with Crippen molar-refractivity contribution in [1.82, 2.24) is 0 Å². The fraction of sp³-hybridized carbons (Fsp3) is 0.875. The Kier molecular flexibility index (Phi) is 14.0. The van der Waals surface area contributed by atoms with Gasteiger partial charge in [0.1, 0.15) is 0 Å². The van der Waals surface area contributed by atoms with Crippen LogP contribution in [0.3, 0.4) is 0 Å². The number of unbranched alkanes of at least 4 members (excludes halogenated alkanes) is 9. The maximum absolute atomic E-state index is 2.31. The van der Waals surface area contributed by atoms with E-state index in [4.69, 9.17) is 0 Å². The van der Waals surface area contributed by atoms with Crippen LogP contribution < -0.4 is 0 Å². The molecule has 1 heteroatoms. The maximum Gasteiger partial charge on any atom is 0.0487 e. The van der Waals surface area contributed by atoms with Gasteiger partial charge in [-0.15, -0.1) is 0 Å². The highest BCUT2D eigenvalue weighted by molar-refractivity contribution is 6.44. The van der Waals surface area contributed by atoms with Crippen molar-refractivity contribution in [3.63, 3.8) is 0 Å². The lowest BCUT2D eigenvalue weighted by Crippen LogP contribution is -1.91. The minimum absolute atomic E-state index is 0.143. The van der Waals surface area contributed by atoms with Gasteiger partial charge < -0.3 is 0 Å². The van der Waals surface area contributed by atoms with E-state index in [1.165, 1.54) is 70.3 Å². The van der Waals surface area contributed by atoms with E-state index in [1.807, 2.05) is 0 Å². The standard InChI is InChI=1S/C16H34Si/c1-4-6-7-8-9-10-11-12-13-14-15-17-16(3)5-2/h5H,4,6-15,17H2,1-3H3. The lowest BCUT2D eigenvalue weighted by molar-refractivity contribution is 0.562. The van der Waals surface area contributed by atoms with E-state index in [2.05, 4.69) is 26.8 Å². The molecule has 0 aliphatic rings. The Bertz CT molecular complexity index is 172. The van der Waals surface area contributed by atoms with Crippen LogP contribution in [0, 0.1) is 0 Å². The Morgan fingerprint density at radius 2 is 1.29 bits per heavy atom. The first kappa shape index (κ1) is 17.0. The van der Waals surface area contributed by atoms with Crippen molar-refractivity contribution in [1.29, 1.82) is 0 Å². The van der Waals surface area contributed by atoms with E-state index in [0.717, 1.165) is 0 Å². The quantitative estimate of drug-likeness (QED) is 0.322. The van der Waals surface area contributed by atoms with Crippen LogP contribution in [0.2, 0.25) is 6.04 Å². The summed E-state index contributed by atoms with van der Waals surface area (Å²) in [4.78, 5) is 0. The van der Waals surface area contributed by atoms with Gasteiger partial charge in [-0.1, -0.05) is 88.4 Å². The molecule has 0 nitrogen and oxygen atoms in total. The van der Waals surface area contributed by atoms with Crippen LogP contribution in [0.15, 0.2) is 11.3 Å². The highest BCUT2D eigenvalue weighted by Crippen LogP contribution is 2.11. The molecule has 0 N–H and O–H groups in total. The summed E-state index contributed by atoms with van der Waals surface area (Å²) in [7, 11) is 0.143. The average molecular weight is 255 g/mol. The summed E-state index contributed by atoms with van der Waals surface area (Å²) in [6.45, 7) is 6.78. The molecule has 0 atom stereocenters. The summed E-state index contributed by atoms with van der Waals surface area (Å²) in [5, 5.41) is 1.70. The van der Waals surface area contributed by atoms with Gasteiger partial charge in [-0.25, -0.2) is 0 Å². The van der Waals surface area contributed by atoms with E-state index in [9.17, 15) is 0 Å². The zero-order valence-corrected chi connectivity index (χ0v) is 14.0. The molecule has 0 aromatic carbocycles. The van der Waals surface area contributed by atoms with Crippen molar-refractivity contribution in [2.75, 3.05) is 0 Å². The third-order valence-corrected chi connectivity index (χ3v) is 5.72. The van der Waals surface area contributed by atoms with Gasteiger partial charge in [0, 0.05) is 9.52 Å². The van der Waals surface area contributed by atoms with Crippen LogP contribution in [-0.2, 0) is 0 Å². The zero-order valence-electron chi connectivity index (χ0n) is 12.6. The Labute approximate surface area is 112 Å². The fourth-order valence-corrected chi connectivity index (χ4v) is 3.66. The molecular formula is C16H34Si. The van der Waals surface area contributed by atoms with Gasteiger partial charge in [-0.2, -0.15) is 0 Å². The molecule has 0 aliphatic heterocycles. The lowest BCUT2D eigenvalue weighted by Gasteiger charge is -2.02. The smallest absolute Gasteiger partial charge is 0.0487 e. The summed E-state index contributed by atoms with van der Waals surface area (Å²) in [6.07, 6.45) is 17.0. The number of hydrogen-bond donors (Lipinski definition) is 0. The van der Waals surface area contributed by atoms with E-state index in [1.54, 1.807) is 5.20 Å². The highest BCUT2D eigenvalue weighted by Gasteiger charge is 1.94. The minimum atomic E-state index is 0.143. The molecule has 0 bridgehead atoms. The maximum atomic E-state index is 2.31. The van der Waals surface area contributed by atoms with Gasteiger partial charge >= 0.3 is 0 Å². The van der Waals surface area contributed by atoms with Crippen molar-refractivity contribution in [2.45, 2.75) is 91.0 Å². The van der Waals surface area contributed by atoms with Gasteiger partial charge in [0.15, 0.2) is 0 Å². The van der Waals surface area contributed by atoms with Crippen LogP contribution in [0.1, 0.15) is 85.0 Å². The van der Waals surface area contributed by atoms with E-state index >= 15 is 0 Å². The van der Waals surface area contributed by atoms with Crippen molar-refractivity contribution >= 4 is 9.52 Å². The molecule has 0 amide bonds. The number of allylic oxidation sites excluding steroid dienone is 2. The average Bonchev–Trinajstić information content (AvgIpc) is 2.35. The normalized spacial score (nSPS) is 12.8. The lowest BCUT2D eigenvalue weighted by atomic mass is 10.1. The van der Waals surface area contributed by atoms with Crippen molar-refractivity contribution in [2.24, 2.45) is 0 Å². The third kappa shape index (κ3) is 13.9. The van der Waals surface area contributed by atoms with Crippen LogP contribution in [0.4, 0.5) is 0 Å². The SMILES string of the molecule is CC=C(C)[SiH2]CCCCCCCCCCCC. The van der Waals surface area contributed by atoms with Crippen LogP contribution >= 0.6 is 0 Å². The van der Waals surface area contributed by atoms with Gasteiger partial charge in [-0.3, -0.25) is 0 Å². The molecule has 0 aromatic heterocycles. The first-order chi connectivity index (χ1) is 8.31. The van der Waals surface area contributed by atoms with Gasteiger partial charge in [-0.05, 0) is 13.8 Å². The topological polar surface area (TPSA) is 0 Å². The third-order valence-electron chi connectivity index (χ3n) is 3.67. The molecule has 0 fully saturated rings. The van der Waals surface area contributed by atoms with E-state index in [0.29, 0.717) is 0 Å². The molecule has 0 aliphatic carbocycles. The monoisotopic (exact) mass is 254 g/mol. The first-order valence-corrected chi connectivity index (χ1v) is 9.63. The van der Waals surface area contributed by atoms with Crippen LogP contribution in [-0.4, -0.2) is 9.52 Å². The summed E-state index contributed by atoms with van der Waals surface area (Å²) in [6, 6.07) is 1.53. The molecule has 0 heterocycles. The second-order valence-electron chi connectivity index (χ2n) is 5.42. The highest BCUT2D eigenvalue weighted by atomic mass is 28.2. The molecule has 102 valence electrons. The molecule has 0 radical (unpaired) electrons. The van der Waals surface area contributed by atoms with Crippen molar-refractivity contribution < 1.29 is 0 Å².